The number of fused-ring (bicyclic) bond motifs is 1. The third kappa shape index (κ3) is 3.01. The van der Waals surface area contributed by atoms with Gasteiger partial charge in [0.1, 0.15) is 5.82 Å². The molecule has 0 atom stereocenters. The first-order valence-corrected chi connectivity index (χ1v) is 8.46. The number of hydrogen-bond acceptors (Lipinski definition) is 5. The second-order valence-electron chi connectivity index (χ2n) is 5.42. The van der Waals surface area contributed by atoms with Gasteiger partial charge in [-0.3, -0.25) is 0 Å². The molecule has 124 valence electrons. The summed E-state index contributed by atoms with van der Waals surface area (Å²) >= 11 is 1.37. The van der Waals surface area contributed by atoms with E-state index in [1.54, 1.807) is 22.9 Å². The van der Waals surface area contributed by atoms with Crippen LogP contribution in [0.3, 0.4) is 0 Å². The molecule has 0 aliphatic carbocycles. The normalized spacial score (nSPS) is 11.6. The zero-order chi connectivity index (χ0) is 17.2. The van der Waals surface area contributed by atoms with Crippen LogP contribution in [0.15, 0.2) is 70.3 Å². The molecular weight excluding hydrogens is 339 g/mol. The first-order valence-electron chi connectivity index (χ1n) is 7.58. The van der Waals surface area contributed by atoms with Gasteiger partial charge in [-0.25, -0.2) is 9.37 Å². The van der Waals surface area contributed by atoms with Crippen LogP contribution in [0, 0.1) is 5.82 Å². The van der Waals surface area contributed by atoms with Crippen LogP contribution in [0.4, 0.5) is 15.2 Å². The van der Waals surface area contributed by atoms with E-state index in [-0.39, 0.29) is 11.7 Å². The second kappa shape index (κ2) is 6.45. The smallest absolute Gasteiger partial charge is 0.229 e. The van der Waals surface area contributed by atoms with Crippen molar-refractivity contribution in [3.05, 3.63) is 71.5 Å². The van der Waals surface area contributed by atoms with Crippen LogP contribution in [0.2, 0.25) is 0 Å². The fourth-order valence-electron chi connectivity index (χ4n) is 2.66. The van der Waals surface area contributed by atoms with Crippen molar-refractivity contribution in [2.45, 2.75) is 6.54 Å². The molecule has 0 saturated heterocycles. The van der Waals surface area contributed by atoms with Gasteiger partial charge in [-0.05, 0) is 23.8 Å². The van der Waals surface area contributed by atoms with Gasteiger partial charge in [-0.1, -0.05) is 30.3 Å². The number of thiazole rings is 1. The molecular formula is C18H13FN4OS. The maximum atomic E-state index is 13.1. The molecule has 5 nitrogen and oxygen atoms in total. The fourth-order valence-corrected chi connectivity index (χ4v) is 3.11. The highest BCUT2D eigenvalue weighted by molar-refractivity contribution is 7.13. The average Bonchev–Trinajstić information content (AvgIpc) is 3.23. The number of aromatic nitrogens is 2. The number of benzene rings is 2. The SMILES string of the molecule is Oc1c(N=Nc2nccs2)c2ccccc2n1Cc1ccc(F)cc1. The highest BCUT2D eigenvalue weighted by Gasteiger charge is 2.16. The van der Waals surface area contributed by atoms with Gasteiger partial charge in [0.15, 0.2) is 5.69 Å². The Morgan fingerprint density at radius 1 is 1.08 bits per heavy atom. The molecule has 0 amide bonds. The van der Waals surface area contributed by atoms with E-state index < -0.39 is 0 Å². The van der Waals surface area contributed by atoms with E-state index in [0.717, 1.165) is 16.5 Å². The predicted molar refractivity (Wildman–Crippen MR) is 95.4 cm³/mol. The van der Waals surface area contributed by atoms with Gasteiger partial charge in [0.25, 0.3) is 0 Å². The van der Waals surface area contributed by atoms with E-state index in [1.807, 2.05) is 29.6 Å². The molecule has 0 radical (unpaired) electrons. The molecule has 0 unspecified atom stereocenters. The summed E-state index contributed by atoms with van der Waals surface area (Å²) in [6.45, 7) is 0.402. The van der Waals surface area contributed by atoms with Crippen LogP contribution in [-0.4, -0.2) is 14.7 Å². The largest absolute Gasteiger partial charge is 0.493 e. The molecule has 2 aromatic carbocycles. The van der Waals surface area contributed by atoms with Crippen LogP contribution >= 0.6 is 11.3 Å². The van der Waals surface area contributed by atoms with Gasteiger partial charge >= 0.3 is 0 Å². The average molecular weight is 352 g/mol. The Labute approximate surface area is 146 Å². The Morgan fingerprint density at radius 3 is 2.64 bits per heavy atom. The number of para-hydroxylation sites is 1. The van der Waals surface area contributed by atoms with E-state index in [0.29, 0.717) is 17.4 Å². The van der Waals surface area contributed by atoms with E-state index in [2.05, 4.69) is 15.2 Å². The van der Waals surface area contributed by atoms with Crippen molar-refractivity contribution in [3.8, 4) is 5.88 Å². The summed E-state index contributed by atoms with van der Waals surface area (Å²) in [7, 11) is 0. The van der Waals surface area contributed by atoms with E-state index >= 15 is 0 Å². The van der Waals surface area contributed by atoms with Crippen LogP contribution in [0.1, 0.15) is 5.56 Å². The zero-order valence-corrected chi connectivity index (χ0v) is 13.8. The topological polar surface area (TPSA) is 62.8 Å². The Bertz CT molecular complexity index is 1040. The lowest BCUT2D eigenvalue weighted by molar-refractivity contribution is 0.429. The first-order chi connectivity index (χ1) is 12.2. The molecule has 0 fully saturated rings. The van der Waals surface area contributed by atoms with Crippen LogP contribution in [0.25, 0.3) is 10.9 Å². The lowest BCUT2D eigenvalue weighted by atomic mass is 10.2. The predicted octanol–water partition coefficient (Wildman–Crippen LogP) is 5.41. The lowest BCUT2D eigenvalue weighted by Gasteiger charge is -2.07. The summed E-state index contributed by atoms with van der Waals surface area (Å²) in [6, 6.07) is 13.8. The van der Waals surface area contributed by atoms with Gasteiger partial charge in [0, 0.05) is 17.0 Å². The van der Waals surface area contributed by atoms with Crippen molar-refractivity contribution >= 4 is 33.1 Å². The number of azo groups is 1. The van der Waals surface area contributed by atoms with Gasteiger partial charge in [-0.2, -0.15) is 0 Å². The fraction of sp³-hybridized carbons (Fsp3) is 0.0556. The molecule has 2 heterocycles. The maximum absolute atomic E-state index is 13.1. The number of aromatic hydroxyl groups is 1. The number of hydrogen-bond donors (Lipinski definition) is 1. The minimum Gasteiger partial charge on any atom is -0.493 e. The van der Waals surface area contributed by atoms with Crippen molar-refractivity contribution in [3.63, 3.8) is 0 Å². The van der Waals surface area contributed by atoms with Gasteiger partial charge in [0.05, 0.1) is 12.1 Å². The molecule has 1 N–H and O–H groups in total. The number of nitrogens with zero attached hydrogens (tertiary/aromatic N) is 4. The third-order valence-electron chi connectivity index (χ3n) is 3.83. The van der Waals surface area contributed by atoms with Crippen molar-refractivity contribution in [1.29, 1.82) is 0 Å². The molecule has 0 saturated carbocycles. The molecule has 7 heteroatoms. The Balaban J connectivity index is 1.79. The zero-order valence-electron chi connectivity index (χ0n) is 13.0. The summed E-state index contributed by atoms with van der Waals surface area (Å²) < 4.78 is 14.8. The molecule has 4 aromatic rings. The van der Waals surface area contributed by atoms with Crippen LogP contribution in [0.5, 0.6) is 5.88 Å². The lowest BCUT2D eigenvalue weighted by Crippen LogP contribution is -1.98. The summed E-state index contributed by atoms with van der Waals surface area (Å²) in [5.41, 5.74) is 2.10. The molecule has 0 bridgehead atoms. The Kier molecular flexibility index (Phi) is 3.99. The maximum Gasteiger partial charge on any atom is 0.229 e. The summed E-state index contributed by atoms with van der Waals surface area (Å²) in [6.07, 6.45) is 1.65. The Hall–Kier alpha value is -3.06. The Morgan fingerprint density at radius 2 is 1.88 bits per heavy atom. The van der Waals surface area contributed by atoms with Crippen molar-refractivity contribution in [2.75, 3.05) is 0 Å². The minimum absolute atomic E-state index is 0.0193. The molecule has 4 rings (SSSR count). The van der Waals surface area contributed by atoms with E-state index in [9.17, 15) is 9.50 Å². The minimum atomic E-state index is -0.289. The summed E-state index contributed by atoms with van der Waals surface area (Å²) in [5, 5.41) is 22.1. The standard InChI is InChI=1S/C18H13FN4OS/c19-13-7-5-12(6-8-13)11-23-15-4-2-1-3-14(15)16(17(23)24)21-22-18-20-9-10-25-18/h1-10,24H,11H2. The monoisotopic (exact) mass is 352 g/mol. The number of halogens is 1. The summed E-state index contributed by atoms with van der Waals surface area (Å²) in [4.78, 5) is 4.06. The van der Waals surface area contributed by atoms with Crippen LogP contribution in [-0.2, 0) is 6.54 Å². The van der Waals surface area contributed by atoms with Crippen molar-refractivity contribution in [1.82, 2.24) is 9.55 Å². The highest BCUT2D eigenvalue weighted by atomic mass is 32.1. The van der Waals surface area contributed by atoms with Gasteiger partial charge in [0.2, 0.25) is 11.0 Å². The van der Waals surface area contributed by atoms with Crippen molar-refractivity contribution < 1.29 is 9.50 Å². The number of rotatable bonds is 4. The van der Waals surface area contributed by atoms with Gasteiger partial charge < -0.3 is 9.67 Å². The van der Waals surface area contributed by atoms with Crippen LogP contribution < -0.4 is 0 Å². The second-order valence-corrected chi connectivity index (χ2v) is 6.29. The van der Waals surface area contributed by atoms with Gasteiger partial charge in [-0.15, -0.1) is 21.6 Å². The molecule has 25 heavy (non-hydrogen) atoms. The molecule has 2 aromatic heterocycles. The highest BCUT2D eigenvalue weighted by Crippen LogP contribution is 2.39. The molecule has 0 spiro atoms. The summed E-state index contributed by atoms with van der Waals surface area (Å²) in [5.74, 6) is -0.269. The van der Waals surface area contributed by atoms with E-state index in [1.165, 1.54) is 23.5 Å². The van der Waals surface area contributed by atoms with E-state index in [4.69, 9.17) is 0 Å². The molecule has 0 aliphatic rings. The third-order valence-corrected chi connectivity index (χ3v) is 4.48. The first kappa shape index (κ1) is 15.5. The van der Waals surface area contributed by atoms with Crippen molar-refractivity contribution in [2.24, 2.45) is 10.2 Å². The molecule has 0 aliphatic heterocycles. The quantitative estimate of drug-likeness (QED) is 0.499.